The van der Waals surface area contributed by atoms with E-state index < -0.39 is 5.60 Å². The first-order chi connectivity index (χ1) is 5.66. The van der Waals surface area contributed by atoms with Crippen LogP contribution in [0.2, 0.25) is 0 Å². The fourth-order valence-electron chi connectivity index (χ4n) is 3.71. The Morgan fingerprint density at radius 3 is 2.25 bits per heavy atom. The Hall–Kier alpha value is -0.370. The van der Waals surface area contributed by atoms with Crippen molar-refractivity contribution in [2.45, 2.75) is 37.7 Å². The van der Waals surface area contributed by atoms with Gasteiger partial charge in [0.2, 0.25) is 0 Å². The first-order valence-corrected chi connectivity index (χ1v) is 4.92. The Balaban J connectivity index is 2.00. The van der Waals surface area contributed by atoms with Crippen molar-refractivity contribution in [2.24, 2.45) is 17.8 Å². The second-order valence-electron chi connectivity index (χ2n) is 4.97. The molecule has 2 atom stereocenters. The van der Waals surface area contributed by atoms with Gasteiger partial charge in [-0.3, -0.25) is 4.79 Å². The highest BCUT2D eigenvalue weighted by atomic mass is 16.3. The molecule has 12 heavy (non-hydrogen) atoms. The van der Waals surface area contributed by atoms with Crippen LogP contribution < -0.4 is 0 Å². The fraction of sp³-hybridized carbons (Fsp3) is 0.900. The summed E-state index contributed by atoms with van der Waals surface area (Å²) in [5, 5.41) is 10.1. The van der Waals surface area contributed by atoms with Crippen LogP contribution in [0.15, 0.2) is 0 Å². The van der Waals surface area contributed by atoms with Gasteiger partial charge in [0, 0.05) is 11.8 Å². The van der Waals surface area contributed by atoms with E-state index in [-0.39, 0.29) is 11.8 Å². The van der Waals surface area contributed by atoms with E-state index in [9.17, 15) is 9.90 Å². The third-order valence-electron chi connectivity index (χ3n) is 3.96. The largest absolute Gasteiger partial charge is 0.390 e. The molecule has 4 saturated carbocycles. The van der Waals surface area contributed by atoms with Crippen molar-refractivity contribution in [3.05, 3.63) is 0 Å². The predicted molar refractivity (Wildman–Crippen MR) is 43.5 cm³/mol. The van der Waals surface area contributed by atoms with Crippen molar-refractivity contribution in [1.29, 1.82) is 0 Å². The lowest BCUT2D eigenvalue weighted by atomic mass is 9.54. The summed E-state index contributed by atoms with van der Waals surface area (Å²) in [6.45, 7) is 0. The number of rotatable bonds is 0. The van der Waals surface area contributed by atoms with Gasteiger partial charge in [0.25, 0.3) is 0 Å². The fourth-order valence-corrected chi connectivity index (χ4v) is 3.71. The number of aliphatic hydroxyl groups is 1. The maximum Gasteiger partial charge on any atom is 0.139 e. The van der Waals surface area contributed by atoms with E-state index in [1.807, 2.05) is 0 Å². The number of hydrogen-bond donors (Lipinski definition) is 1. The second kappa shape index (κ2) is 1.92. The molecule has 4 aliphatic rings. The van der Waals surface area contributed by atoms with Crippen LogP contribution in [0, 0.1) is 17.8 Å². The zero-order valence-electron chi connectivity index (χ0n) is 7.12. The Kier molecular flexibility index (Phi) is 1.13. The van der Waals surface area contributed by atoms with Gasteiger partial charge in [-0.25, -0.2) is 0 Å². The van der Waals surface area contributed by atoms with Crippen molar-refractivity contribution in [3.8, 4) is 0 Å². The molecule has 4 fully saturated rings. The van der Waals surface area contributed by atoms with Crippen molar-refractivity contribution < 1.29 is 9.90 Å². The first kappa shape index (κ1) is 7.07. The number of Topliss-reactive ketones (excluding diaryl/α,β-unsaturated/α-hetero) is 1. The minimum atomic E-state index is -0.440. The van der Waals surface area contributed by atoms with Crippen molar-refractivity contribution in [3.63, 3.8) is 0 Å². The molecule has 2 nitrogen and oxygen atoms in total. The standard InChI is InChI=1S/C10H14O2/c11-9-7-1-6-2-8(9)5-10(12,3-6)4-7/h6-8,12H,1-5H2/t6?,7-,8-,10?/m1/s1. The third kappa shape index (κ3) is 0.764. The Morgan fingerprint density at radius 1 is 1.17 bits per heavy atom. The molecule has 66 valence electrons. The van der Waals surface area contributed by atoms with Crippen molar-refractivity contribution >= 4 is 5.78 Å². The van der Waals surface area contributed by atoms with E-state index in [0.29, 0.717) is 11.7 Å². The van der Waals surface area contributed by atoms with Gasteiger partial charge in [-0.15, -0.1) is 0 Å². The highest BCUT2D eigenvalue weighted by Gasteiger charge is 2.54. The minimum Gasteiger partial charge on any atom is -0.390 e. The second-order valence-corrected chi connectivity index (χ2v) is 4.97. The van der Waals surface area contributed by atoms with E-state index in [4.69, 9.17) is 0 Å². The third-order valence-corrected chi connectivity index (χ3v) is 3.96. The van der Waals surface area contributed by atoms with E-state index in [0.717, 1.165) is 32.1 Å². The number of carbonyl (C=O) groups excluding carboxylic acids is 1. The molecule has 0 amide bonds. The highest BCUT2D eigenvalue weighted by Crippen LogP contribution is 2.53. The summed E-state index contributed by atoms with van der Waals surface area (Å²) in [5.41, 5.74) is -0.440. The predicted octanol–water partition coefficient (Wildman–Crippen LogP) is 1.13. The van der Waals surface area contributed by atoms with Crippen molar-refractivity contribution in [2.75, 3.05) is 0 Å². The summed E-state index contributed by atoms with van der Waals surface area (Å²) < 4.78 is 0. The molecule has 1 N–H and O–H groups in total. The minimum absolute atomic E-state index is 0.223. The Labute approximate surface area is 72.0 Å². The Morgan fingerprint density at radius 2 is 1.75 bits per heavy atom. The molecular weight excluding hydrogens is 152 g/mol. The molecule has 4 rings (SSSR count). The molecule has 0 saturated heterocycles. The summed E-state index contributed by atoms with van der Waals surface area (Å²) in [5.74, 6) is 1.56. The zero-order chi connectivity index (χ0) is 8.34. The van der Waals surface area contributed by atoms with Crippen LogP contribution >= 0.6 is 0 Å². The average molecular weight is 166 g/mol. The molecule has 0 spiro atoms. The molecule has 4 bridgehead atoms. The topological polar surface area (TPSA) is 37.3 Å². The molecule has 0 radical (unpaired) electrons. The molecule has 0 unspecified atom stereocenters. The maximum absolute atomic E-state index is 11.6. The van der Waals surface area contributed by atoms with Gasteiger partial charge in [0.15, 0.2) is 0 Å². The lowest BCUT2D eigenvalue weighted by Crippen LogP contribution is -2.54. The van der Waals surface area contributed by atoms with Crippen LogP contribution in [0.5, 0.6) is 0 Å². The molecule has 0 aromatic rings. The maximum atomic E-state index is 11.6. The smallest absolute Gasteiger partial charge is 0.139 e. The van der Waals surface area contributed by atoms with Gasteiger partial charge in [-0.1, -0.05) is 0 Å². The zero-order valence-corrected chi connectivity index (χ0v) is 7.12. The van der Waals surface area contributed by atoms with Gasteiger partial charge < -0.3 is 5.11 Å². The van der Waals surface area contributed by atoms with Crippen LogP contribution in [-0.2, 0) is 4.79 Å². The van der Waals surface area contributed by atoms with Gasteiger partial charge >= 0.3 is 0 Å². The number of carbonyl (C=O) groups is 1. The normalized spacial score (nSPS) is 56.4. The average Bonchev–Trinajstić information content (AvgIpc) is 1.96. The lowest BCUT2D eigenvalue weighted by Gasteiger charge is -2.53. The van der Waals surface area contributed by atoms with Crippen LogP contribution in [0.3, 0.4) is 0 Å². The molecule has 0 aromatic carbocycles. The molecule has 2 heteroatoms. The Bertz CT molecular complexity index is 228. The van der Waals surface area contributed by atoms with Crippen LogP contribution in [0.1, 0.15) is 32.1 Å². The van der Waals surface area contributed by atoms with Gasteiger partial charge in [0.1, 0.15) is 5.78 Å². The quantitative estimate of drug-likeness (QED) is 0.585. The van der Waals surface area contributed by atoms with E-state index in [1.165, 1.54) is 0 Å². The van der Waals surface area contributed by atoms with E-state index in [1.54, 1.807) is 0 Å². The van der Waals surface area contributed by atoms with E-state index >= 15 is 0 Å². The molecule has 0 aromatic heterocycles. The van der Waals surface area contributed by atoms with Gasteiger partial charge in [0.05, 0.1) is 5.60 Å². The summed E-state index contributed by atoms with van der Waals surface area (Å²) >= 11 is 0. The van der Waals surface area contributed by atoms with Crippen LogP contribution in [0.4, 0.5) is 0 Å². The van der Waals surface area contributed by atoms with Crippen molar-refractivity contribution in [1.82, 2.24) is 0 Å². The molecule has 0 heterocycles. The lowest BCUT2D eigenvalue weighted by molar-refractivity contribution is -0.161. The molecule has 0 aliphatic heterocycles. The van der Waals surface area contributed by atoms with E-state index in [2.05, 4.69) is 0 Å². The number of hydrogen-bond acceptors (Lipinski definition) is 2. The summed E-state index contributed by atoms with van der Waals surface area (Å²) in [6, 6.07) is 0. The summed E-state index contributed by atoms with van der Waals surface area (Å²) in [4.78, 5) is 11.6. The first-order valence-electron chi connectivity index (χ1n) is 4.92. The van der Waals surface area contributed by atoms with Gasteiger partial charge in [-0.05, 0) is 38.0 Å². The SMILES string of the molecule is O=C1[C@@H]2CC3C[C@@H]1CC(O)(C3)C2. The molecule has 4 aliphatic carbocycles. The van der Waals surface area contributed by atoms with Crippen LogP contribution in [0.25, 0.3) is 0 Å². The van der Waals surface area contributed by atoms with Crippen LogP contribution in [-0.4, -0.2) is 16.5 Å². The molecular formula is C10H14O2. The number of ketones is 1. The monoisotopic (exact) mass is 166 g/mol. The summed E-state index contributed by atoms with van der Waals surface area (Å²) in [7, 11) is 0. The summed E-state index contributed by atoms with van der Waals surface area (Å²) in [6.07, 6.45) is 4.63. The van der Waals surface area contributed by atoms with Gasteiger partial charge in [-0.2, -0.15) is 0 Å². The highest BCUT2D eigenvalue weighted by molar-refractivity contribution is 5.85.